The highest BCUT2D eigenvalue weighted by Gasteiger charge is 2.27. The molecule has 0 unspecified atom stereocenters. The Balaban J connectivity index is 2.29. The van der Waals surface area contributed by atoms with Crippen molar-refractivity contribution < 1.29 is 4.79 Å². The molecule has 3 N–H and O–H groups in total. The van der Waals surface area contributed by atoms with Crippen molar-refractivity contribution >= 4 is 5.91 Å². The van der Waals surface area contributed by atoms with Crippen molar-refractivity contribution in [2.75, 3.05) is 6.54 Å². The Hall–Kier alpha value is -0.570. The molecule has 1 amide bonds. The van der Waals surface area contributed by atoms with Gasteiger partial charge in [0.2, 0.25) is 5.91 Å². The average molecular weight is 226 g/mol. The zero-order valence-electron chi connectivity index (χ0n) is 10.7. The molecule has 1 rings (SSSR count). The first-order valence-electron chi connectivity index (χ1n) is 6.61. The Kier molecular flexibility index (Phi) is 5.26. The van der Waals surface area contributed by atoms with Crippen molar-refractivity contribution in [3.8, 4) is 0 Å². The molecular formula is C13H26N2O. The maximum atomic E-state index is 11.7. The van der Waals surface area contributed by atoms with Crippen LogP contribution in [0.3, 0.4) is 0 Å². The zero-order valence-corrected chi connectivity index (χ0v) is 10.7. The lowest BCUT2D eigenvalue weighted by Crippen LogP contribution is -2.45. The van der Waals surface area contributed by atoms with E-state index in [4.69, 9.17) is 5.73 Å². The number of nitrogens with one attached hydrogen (secondary N) is 1. The first-order chi connectivity index (χ1) is 7.57. The molecule has 1 aliphatic carbocycles. The van der Waals surface area contributed by atoms with Gasteiger partial charge < -0.3 is 11.1 Å². The van der Waals surface area contributed by atoms with E-state index >= 15 is 0 Å². The molecule has 16 heavy (non-hydrogen) atoms. The minimum atomic E-state index is -0.322. The van der Waals surface area contributed by atoms with Gasteiger partial charge in [0.05, 0.1) is 6.04 Å². The lowest BCUT2D eigenvalue weighted by atomic mass is 9.76. The average Bonchev–Trinajstić information content (AvgIpc) is 2.27. The third-order valence-electron chi connectivity index (χ3n) is 3.69. The Labute approximate surface area is 99.2 Å². The van der Waals surface area contributed by atoms with Crippen LogP contribution in [0.1, 0.15) is 58.8 Å². The zero-order chi connectivity index (χ0) is 12.0. The van der Waals surface area contributed by atoms with Gasteiger partial charge in [-0.15, -0.1) is 0 Å². The number of nitrogens with two attached hydrogens (primary N) is 1. The van der Waals surface area contributed by atoms with Crippen LogP contribution >= 0.6 is 0 Å². The van der Waals surface area contributed by atoms with Crippen molar-refractivity contribution in [2.45, 2.75) is 64.8 Å². The van der Waals surface area contributed by atoms with Crippen molar-refractivity contribution in [1.82, 2.24) is 5.32 Å². The Morgan fingerprint density at radius 3 is 2.56 bits per heavy atom. The van der Waals surface area contributed by atoms with Gasteiger partial charge in [0.15, 0.2) is 0 Å². The van der Waals surface area contributed by atoms with Gasteiger partial charge in [0.25, 0.3) is 0 Å². The number of hydrogen-bond donors (Lipinski definition) is 2. The molecule has 0 aromatic heterocycles. The van der Waals surface area contributed by atoms with Crippen molar-refractivity contribution in [2.24, 2.45) is 11.1 Å². The van der Waals surface area contributed by atoms with Crippen LogP contribution in [0, 0.1) is 5.41 Å². The van der Waals surface area contributed by atoms with Crippen LogP contribution < -0.4 is 11.1 Å². The lowest BCUT2D eigenvalue weighted by Gasteiger charge is -2.34. The van der Waals surface area contributed by atoms with E-state index in [1.807, 2.05) is 0 Å². The minimum Gasteiger partial charge on any atom is -0.354 e. The normalized spacial score (nSPS) is 21.4. The number of carbonyl (C=O) groups excluding carboxylic acids is 1. The molecule has 1 fully saturated rings. The summed E-state index contributed by atoms with van der Waals surface area (Å²) in [5.74, 6) is 0.0219. The van der Waals surface area contributed by atoms with Crippen LogP contribution in [0.5, 0.6) is 0 Å². The molecule has 94 valence electrons. The predicted octanol–water partition coefficient (Wildman–Crippen LogP) is 2.20. The van der Waals surface area contributed by atoms with Crippen molar-refractivity contribution in [3.63, 3.8) is 0 Å². The van der Waals surface area contributed by atoms with Gasteiger partial charge in [-0.1, -0.05) is 39.5 Å². The second-order valence-electron chi connectivity index (χ2n) is 5.48. The summed E-state index contributed by atoms with van der Waals surface area (Å²) in [4.78, 5) is 11.7. The second-order valence-corrected chi connectivity index (χ2v) is 5.48. The number of carbonyl (C=O) groups is 1. The number of rotatable bonds is 5. The van der Waals surface area contributed by atoms with E-state index in [1.54, 1.807) is 0 Å². The molecule has 1 saturated carbocycles. The fourth-order valence-corrected chi connectivity index (χ4v) is 2.46. The van der Waals surface area contributed by atoms with Crippen molar-refractivity contribution in [1.29, 1.82) is 0 Å². The molecule has 1 aliphatic rings. The molecule has 0 spiro atoms. The fraction of sp³-hybridized carbons (Fsp3) is 0.923. The molecule has 0 aromatic carbocycles. The van der Waals surface area contributed by atoms with Crippen LogP contribution in [-0.4, -0.2) is 18.5 Å². The summed E-state index contributed by atoms with van der Waals surface area (Å²) in [7, 11) is 0. The van der Waals surface area contributed by atoms with E-state index in [-0.39, 0.29) is 11.9 Å². The summed E-state index contributed by atoms with van der Waals surface area (Å²) in [6.07, 6.45) is 8.15. The maximum Gasteiger partial charge on any atom is 0.236 e. The third-order valence-corrected chi connectivity index (χ3v) is 3.69. The van der Waals surface area contributed by atoms with Gasteiger partial charge in [0.1, 0.15) is 0 Å². The van der Waals surface area contributed by atoms with E-state index in [0.29, 0.717) is 5.41 Å². The standard InChI is InChI=1S/C13H26N2O/c1-3-7-11(14)12(16)15-10-13(2)8-5-4-6-9-13/h11H,3-10,14H2,1-2H3,(H,15,16)/t11-/m0/s1. The minimum absolute atomic E-state index is 0.0219. The first-order valence-corrected chi connectivity index (χ1v) is 6.61. The van der Waals surface area contributed by atoms with Crippen LogP contribution in [-0.2, 0) is 4.79 Å². The summed E-state index contributed by atoms with van der Waals surface area (Å²) in [5.41, 5.74) is 6.08. The van der Waals surface area contributed by atoms with Gasteiger partial charge in [0, 0.05) is 6.54 Å². The molecule has 3 nitrogen and oxygen atoms in total. The van der Waals surface area contributed by atoms with Gasteiger partial charge in [-0.3, -0.25) is 4.79 Å². The van der Waals surface area contributed by atoms with Crippen LogP contribution in [0.4, 0.5) is 0 Å². The molecule has 0 radical (unpaired) electrons. The molecule has 3 heteroatoms. The number of hydrogen-bond acceptors (Lipinski definition) is 2. The fourth-order valence-electron chi connectivity index (χ4n) is 2.46. The quantitative estimate of drug-likeness (QED) is 0.755. The maximum absolute atomic E-state index is 11.7. The molecule has 0 saturated heterocycles. The summed E-state index contributed by atoms with van der Waals surface area (Å²) in [6, 6.07) is -0.322. The van der Waals surface area contributed by atoms with Gasteiger partial charge in [-0.05, 0) is 24.7 Å². The summed E-state index contributed by atoms with van der Waals surface area (Å²) in [5, 5.41) is 3.01. The van der Waals surface area contributed by atoms with Crippen molar-refractivity contribution in [3.05, 3.63) is 0 Å². The summed E-state index contributed by atoms with van der Waals surface area (Å²) >= 11 is 0. The smallest absolute Gasteiger partial charge is 0.236 e. The van der Waals surface area contributed by atoms with E-state index in [2.05, 4.69) is 19.2 Å². The second kappa shape index (κ2) is 6.24. The SMILES string of the molecule is CCC[C@H](N)C(=O)NCC1(C)CCCCC1. The first kappa shape index (κ1) is 13.5. The molecule has 0 heterocycles. The largest absolute Gasteiger partial charge is 0.354 e. The Morgan fingerprint density at radius 2 is 2.00 bits per heavy atom. The van der Waals surface area contributed by atoms with Crippen LogP contribution in [0.25, 0.3) is 0 Å². The van der Waals surface area contributed by atoms with E-state index < -0.39 is 0 Å². The highest BCUT2D eigenvalue weighted by molar-refractivity contribution is 5.81. The molecular weight excluding hydrogens is 200 g/mol. The highest BCUT2D eigenvalue weighted by Crippen LogP contribution is 2.34. The highest BCUT2D eigenvalue weighted by atomic mass is 16.2. The molecule has 0 aliphatic heterocycles. The van der Waals surface area contributed by atoms with Gasteiger partial charge in [-0.25, -0.2) is 0 Å². The van der Waals surface area contributed by atoms with Gasteiger partial charge in [-0.2, -0.15) is 0 Å². The molecule has 0 bridgehead atoms. The third kappa shape index (κ3) is 4.12. The topological polar surface area (TPSA) is 55.1 Å². The van der Waals surface area contributed by atoms with Crippen LogP contribution in [0.2, 0.25) is 0 Å². The summed E-state index contributed by atoms with van der Waals surface area (Å²) in [6.45, 7) is 5.12. The molecule has 0 aromatic rings. The summed E-state index contributed by atoms with van der Waals surface area (Å²) < 4.78 is 0. The monoisotopic (exact) mass is 226 g/mol. The van der Waals surface area contributed by atoms with Crippen LogP contribution in [0.15, 0.2) is 0 Å². The Morgan fingerprint density at radius 1 is 1.38 bits per heavy atom. The van der Waals surface area contributed by atoms with E-state index in [0.717, 1.165) is 19.4 Å². The van der Waals surface area contributed by atoms with Gasteiger partial charge >= 0.3 is 0 Å². The van der Waals surface area contributed by atoms with E-state index in [1.165, 1.54) is 32.1 Å². The molecule has 1 atom stereocenters. The Bertz CT molecular complexity index is 222. The lowest BCUT2D eigenvalue weighted by molar-refractivity contribution is -0.123. The van der Waals surface area contributed by atoms with E-state index in [9.17, 15) is 4.79 Å². The number of amides is 1. The predicted molar refractivity (Wildman–Crippen MR) is 67.1 cm³/mol.